The molecule has 3 rings (SSSR count). The average molecular weight is 415 g/mol. The lowest BCUT2D eigenvalue weighted by Crippen LogP contribution is -2.14. The van der Waals surface area contributed by atoms with Crippen LogP contribution in [0.1, 0.15) is 0 Å². The summed E-state index contributed by atoms with van der Waals surface area (Å²) in [7, 11) is -7.82. The molecule has 0 radical (unpaired) electrons. The van der Waals surface area contributed by atoms with E-state index in [1.165, 1.54) is 48.8 Å². The number of rotatable bonds is 4. The lowest BCUT2D eigenvalue weighted by atomic mass is 10.2. The van der Waals surface area contributed by atoms with Gasteiger partial charge in [0.1, 0.15) is 0 Å². The molecule has 3 aromatic rings. The molecule has 0 fully saturated rings. The summed E-state index contributed by atoms with van der Waals surface area (Å²) in [4.78, 5) is 3.09. The van der Waals surface area contributed by atoms with Crippen molar-refractivity contribution in [2.24, 2.45) is 0 Å². The zero-order chi connectivity index (χ0) is 19.1. The highest BCUT2D eigenvalue weighted by molar-refractivity contribution is 7.91. The molecule has 0 aliphatic rings. The van der Waals surface area contributed by atoms with Crippen LogP contribution in [0.2, 0.25) is 5.02 Å². The molecular weight excluding hydrogens is 403 g/mol. The summed E-state index contributed by atoms with van der Waals surface area (Å²) >= 11 is 6.07. The van der Waals surface area contributed by atoms with E-state index in [1.54, 1.807) is 0 Å². The van der Waals surface area contributed by atoms with Crippen LogP contribution >= 0.6 is 11.6 Å². The molecule has 1 aromatic carbocycles. The third-order valence-electron chi connectivity index (χ3n) is 3.61. The summed E-state index contributed by atoms with van der Waals surface area (Å²) in [5, 5.41) is 0.0137. The lowest BCUT2D eigenvalue weighted by molar-refractivity contribution is 0.582. The standard InChI is InChI=1S/C16H12ClFN2O4S2/c1-25(21,22)11-4-2-5-12(10-11)26(23,24)20-9-7-14(17)15(20)13-6-3-8-19-16(13)18/h2-10H,1H3. The largest absolute Gasteiger partial charge is 0.268 e. The second-order valence-electron chi connectivity index (χ2n) is 5.40. The van der Waals surface area contributed by atoms with Crippen LogP contribution in [0.3, 0.4) is 0 Å². The van der Waals surface area contributed by atoms with Crippen LogP contribution in [0.25, 0.3) is 11.3 Å². The first-order chi connectivity index (χ1) is 12.1. The van der Waals surface area contributed by atoms with Crippen molar-refractivity contribution in [3.63, 3.8) is 0 Å². The van der Waals surface area contributed by atoms with E-state index in [-0.39, 0.29) is 26.1 Å². The van der Waals surface area contributed by atoms with Gasteiger partial charge in [0.25, 0.3) is 10.0 Å². The van der Waals surface area contributed by atoms with E-state index in [1.807, 2.05) is 0 Å². The smallest absolute Gasteiger partial charge is 0.239 e. The van der Waals surface area contributed by atoms with Gasteiger partial charge in [-0.3, -0.25) is 0 Å². The SMILES string of the molecule is CS(=O)(=O)c1cccc(S(=O)(=O)n2ccc(Cl)c2-c2cccnc2F)c1. The van der Waals surface area contributed by atoms with E-state index in [9.17, 15) is 21.2 Å². The third-order valence-corrected chi connectivity index (χ3v) is 6.69. The normalized spacial score (nSPS) is 12.3. The van der Waals surface area contributed by atoms with E-state index in [0.717, 1.165) is 16.3 Å². The van der Waals surface area contributed by atoms with Crippen LogP contribution in [-0.2, 0) is 19.9 Å². The summed E-state index contributed by atoms with van der Waals surface area (Å²) < 4.78 is 64.3. The van der Waals surface area contributed by atoms with Gasteiger partial charge in [0.15, 0.2) is 9.84 Å². The Hall–Kier alpha value is -2.23. The molecule has 0 N–H and O–H groups in total. The first-order valence-corrected chi connectivity index (χ1v) is 10.9. The van der Waals surface area contributed by atoms with Crippen molar-refractivity contribution >= 4 is 31.5 Å². The Balaban J connectivity index is 2.24. The van der Waals surface area contributed by atoms with Crippen LogP contribution in [0.15, 0.2) is 64.6 Å². The number of benzene rings is 1. The molecule has 0 saturated heterocycles. The molecule has 0 spiro atoms. The molecule has 0 aliphatic carbocycles. The zero-order valence-corrected chi connectivity index (χ0v) is 15.7. The summed E-state index contributed by atoms with van der Waals surface area (Å²) in [5.74, 6) is -0.880. The maximum absolute atomic E-state index is 14.1. The van der Waals surface area contributed by atoms with Crippen molar-refractivity contribution in [3.05, 3.63) is 65.8 Å². The number of sulfone groups is 1. The van der Waals surface area contributed by atoms with Crippen LogP contribution < -0.4 is 0 Å². The van der Waals surface area contributed by atoms with Gasteiger partial charge < -0.3 is 0 Å². The van der Waals surface area contributed by atoms with Gasteiger partial charge in [0, 0.05) is 18.6 Å². The Labute approximate surface area is 154 Å². The summed E-state index contributed by atoms with van der Waals surface area (Å²) in [6.07, 6.45) is 3.37. The Morgan fingerprint density at radius 3 is 2.38 bits per heavy atom. The van der Waals surface area contributed by atoms with Crippen LogP contribution in [0, 0.1) is 5.95 Å². The van der Waals surface area contributed by atoms with E-state index >= 15 is 0 Å². The lowest BCUT2D eigenvalue weighted by Gasteiger charge is -2.12. The molecule has 0 aliphatic heterocycles. The highest BCUT2D eigenvalue weighted by Gasteiger charge is 2.25. The van der Waals surface area contributed by atoms with Crippen molar-refractivity contribution in [1.29, 1.82) is 0 Å². The van der Waals surface area contributed by atoms with Gasteiger partial charge in [-0.2, -0.15) is 4.39 Å². The van der Waals surface area contributed by atoms with Crippen LogP contribution in [0.5, 0.6) is 0 Å². The molecule has 10 heteroatoms. The van der Waals surface area contributed by atoms with E-state index < -0.39 is 25.8 Å². The molecule has 0 unspecified atom stereocenters. The van der Waals surface area contributed by atoms with Crippen molar-refractivity contribution in [1.82, 2.24) is 8.96 Å². The van der Waals surface area contributed by atoms with E-state index in [2.05, 4.69) is 4.98 Å². The first-order valence-electron chi connectivity index (χ1n) is 7.16. The number of aromatic nitrogens is 2. The molecule has 0 atom stereocenters. The first kappa shape index (κ1) is 18.6. The van der Waals surface area contributed by atoms with Gasteiger partial charge in [0.2, 0.25) is 5.95 Å². The van der Waals surface area contributed by atoms with Gasteiger partial charge >= 0.3 is 0 Å². The quantitative estimate of drug-likeness (QED) is 0.612. The van der Waals surface area contributed by atoms with Gasteiger partial charge in [-0.15, -0.1) is 0 Å². The molecule has 0 amide bonds. The molecule has 26 heavy (non-hydrogen) atoms. The van der Waals surface area contributed by atoms with Gasteiger partial charge in [-0.05, 0) is 36.4 Å². The number of hydrogen-bond donors (Lipinski definition) is 0. The third kappa shape index (κ3) is 3.25. The second kappa shape index (κ2) is 6.49. The molecule has 136 valence electrons. The summed E-state index contributed by atoms with van der Waals surface area (Å²) in [6.45, 7) is 0. The van der Waals surface area contributed by atoms with Crippen molar-refractivity contribution < 1.29 is 21.2 Å². The van der Waals surface area contributed by atoms with Crippen LogP contribution in [-0.4, -0.2) is 32.0 Å². The van der Waals surface area contributed by atoms with Crippen molar-refractivity contribution in [2.75, 3.05) is 6.26 Å². The van der Waals surface area contributed by atoms with E-state index in [0.29, 0.717) is 0 Å². The Morgan fingerprint density at radius 2 is 1.73 bits per heavy atom. The minimum absolute atomic E-state index is 0.0137. The van der Waals surface area contributed by atoms with Gasteiger partial charge in [-0.25, -0.2) is 25.8 Å². The highest BCUT2D eigenvalue weighted by atomic mass is 35.5. The predicted octanol–water partition coefficient (Wildman–Crippen LogP) is 2.98. The minimum Gasteiger partial charge on any atom is -0.239 e. The molecule has 0 bridgehead atoms. The van der Waals surface area contributed by atoms with E-state index in [4.69, 9.17) is 11.6 Å². The minimum atomic E-state index is -4.22. The van der Waals surface area contributed by atoms with Gasteiger partial charge in [-0.1, -0.05) is 17.7 Å². The second-order valence-corrected chi connectivity index (χ2v) is 9.64. The Kier molecular flexibility index (Phi) is 4.63. The van der Waals surface area contributed by atoms with Gasteiger partial charge in [0.05, 0.1) is 26.1 Å². The Morgan fingerprint density at radius 1 is 1.04 bits per heavy atom. The maximum Gasteiger partial charge on any atom is 0.268 e. The fourth-order valence-electron chi connectivity index (χ4n) is 2.38. The molecule has 2 aromatic heterocycles. The van der Waals surface area contributed by atoms with Crippen molar-refractivity contribution in [2.45, 2.75) is 9.79 Å². The molecule has 6 nitrogen and oxygen atoms in total. The number of halogens is 2. The number of hydrogen-bond acceptors (Lipinski definition) is 5. The monoisotopic (exact) mass is 414 g/mol. The van der Waals surface area contributed by atoms with Crippen molar-refractivity contribution in [3.8, 4) is 11.3 Å². The molecule has 2 heterocycles. The Bertz CT molecular complexity index is 1200. The van der Waals surface area contributed by atoms with Crippen LogP contribution in [0.4, 0.5) is 4.39 Å². The molecule has 0 saturated carbocycles. The fraction of sp³-hybridized carbons (Fsp3) is 0.0625. The zero-order valence-electron chi connectivity index (χ0n) is 13.3. The summed E-state index contributed by atoms with van der Waals surface area (Å²) in [5.41, 5.74) is -0.188. The molecular formula is C16H12ClFN2O4S2. The highest BCUT2D eigenvalue weighted by Crippen LogP contribution is 2.33. The maximum atomic E-state index is 14.1. The summed E-state index contributed by atoms with van der Waals surface area (Å²) in [6, 6.07) is 9.01. The fourth-order valence-corrected chi connectivity index (χ4v) is 4.83. The average Bonchev–Trinajstić information content (AvgIpc) is 2.97. The predicted molar refractivity (Wildman–Crippen MR) is 94.8 cm³/mol. The number of nitrogens with zero attached hydrogens (tertiary/aromatic N) is 2. The topological polar surface area (TPSA) is 86.1 Å². The number of pyridine rings is 1.